The minimum Gasteiger partial charge on any atom is -0.491 e. The van der Waals surface area contributed by atoms with Crippen LogP contribution in [0.25, 0.3) is 11.4 Å². The Morgan fingerprint density at radius 3 is 2.41 bits per heavy atom. The van der Waals surface area contributed by atoms with Crippen molar-refractivity contribution in [1.82, 2.24) is 15.5 Å². The summed E-state index contributed by atoms with van der Waals surface area (Å²) in [5, 5.41) is 7.51. The van der Waals surface area contributed by atoms with Gasteiger partial charge in [0.15, 0.2) is 5.75 Å². The van der Waals surface area contributed by atoms with E-state index >= 15 is 0 Å². The normalized spacial score (nSPS) is 12.1. The lowest BCUT2D eigenvalue weighted by Crippen LogP contribution is -2.32. The molecule has 1 aromatic heterocycles. The van der Waals surface area contributed by atoms with E-state index in [9.17, 15) is 4.79 Å². The van der Waals surface area contributed by atoms with E-state index in [1.165, 1.54) is 12.1 Å². The van der Waals surface area contributed by atoms with Crippen LogP contribution in [0, 0.1) is 5.92 Å². The third-order valence-corrected chi connectivity index (χ3v) is 4.80. The molecule has 0 saturated carbocycles. The van der Waals surface area contributed by atoms with Gasteiger partial charge in [-0.05, 0) is 25.0 Å². The molecule has 0 bridgehead atoms. The zero-order valence-corrected chi connectivity index (χ0v) is 17.8. The topological polar surface area (TPSA) is 77.2 Å². The molecule has 1 heterocycles. The molecule has 1 unspecified atom stereocenters. The maximum atomic E-state index is 12.8. The maximum Gasteiger partial charge on any atom is 0.252 e. The molecule has 29 heavy (non-hydrogen) atoms. The smallest absolute Gasteiger partial charge is 0.252 e. The number of ether oxygens (including phenoxy) is 1. The third-order valence-electron chi connectivity index (χ3n) is 4.24. The molecule has 3 aromatic rings. The van der Waals surface area contributed by atoms with Gasteiger partial charge < -0.3 is 14.6 Å². The molecule has 3 rings (SSSR count). The Kier molecular flexibility index (Phi) is 6.77. The first-order chi connectivity index (χ1) is 13.9. The number of carbonyl (C=O) groups excluding carboxylic acids is 1. The summed E-state index contributed by atoms with van der Waals surface area (Å²) in [6.45, 7) is 6.15. The van der Waals surface area contributed by atoms with Gasteiger partial charge in [-0.3, -0.25) is 4.79 Å². The van der Waals surface area contributed by atoms with Crippen LogP contribution in [0.1, 0.15) is 43.1 Å². The summed E-state index contributed by atoms with van der Waals surface area (Å²) in [6, 6.07) is 12.1. The highest BCUT2D eigenvalue weighted by Gasteiger charge is 2.26. The van der Waals surface area contributed by atoms with Crippen molar-refractivity contribution in [2.75, 3.05) is 6.61 Å². The fraction of sp³-hybridized carbons (Fsp3) is 0.286. The molecule has 152 valence electrons. The van der Waals surface area contributed by atoms with Crippen molar-refractivity contribution in [2.45, 2.75) is 26.8 Å². The molecule has 1 N–H and O–H groups in total. The first-order valence-electron chi connectivity index (χ1n) is 9.22. The minimum atomic E-state index is -0.475. The first-order valence-corrected chi connectivity index (χ1v) is 9.98. The standard InChI is InChI=1S/C21H21Cl2N3O3/c1-4-28-18-15(22)10-14(11-16(18)23)20(27)24-17(12(2)3)21-25-19(26-29-21)13-8-6-5-7-9-13/h5-12,17H,4H2,1-3H3,(H,24,27). The van der Waals surface area contributed by atoms with Crippen molar-refractivity contribution in [3.8, 4) is 17.1 Å². The third kappa shape index (κ3) is 4.89. The second-order valence-electron chi connectivity index (χ2n) is 6.72. The number of hydrogen-bond acceptors (Lipinski definition) is 5. The average molecular weight is 434 g/mol. The summed E-state index contributed by atoms with van der Waals surface area (Å²) in [7, 11) is 0. The number of carbonyl (C=O) groups is 1. The Balaban J connectivity index is 1.83. The van der Waals surface area contributed by atoms with Crippen LogP contribution in [-0.4, -0.2) is 22.7 Å². The van der Waals surface area contributed by atoms with Gasteiger partial charge in [-0.15, -0.1) is 0 Å². The van der Waals surface area contributed by atoms with Crippen LogP contribution in [0.2, 0.25) is 10.0 Å². The lowest BCUT2D eigenvalue weighted by atomic mass is 10.0. The zero-order chi connectivity index (χ0) is 21.0. The summed E-state index contributed by atoms with van der Waals surface area (Å²) in [5.41, 5.74) is 1.15. The fourth-order valence-electron chi connectivity index (χ4n) is 2.78. The monoisotopic (exact) mass is 433 g/mol. The summed E-state index contributed by atoms with van der Waals surface area (Å²) in [4.78, 5) is 17.3. The van der Waals surface area contributed by atoms with Crippen molar-refractivity contribution in [3.63, 3.8) is 0 Å². The number of nitrogens with one attached hydrogen (secondary N) is 1. The van der Waals surface area contributed by atoms with Crippen LogP contribution < -0.4 is 10.1 Å². The second kappa shape index (κ2) is 9.29. The Labute approximate surface area is 179 Å². The van der Waals surface area contributed by atoms with Gasteiger partial charge in [0.05, 0.1) is 16.7 Å². The van der Waals surface area contributed by atoms with Gasteiger partial charge in [0, 0.05) is 11.1 Å². The van der Waals surface area contributed by atoms with E-state index in [-0.39, 0.29) is 21.9 Å². The van der Waals surface area contributed by atoms with Gasteiger partial charge in [0.2, 0.25) is 11.7 Å². The Morgan fingerprint density at radius 2 is 1.83 bits per heavy atom. The molecule has 8 heteroatoms. The average Bonchev–Trinajstić information content (AvgIpc) is 3.18. The highest BCUT2D eigenvalue weighted by molar-refractivity contribution is 6.37. The molecule has 0 aliphatic heterocycles. The predicted molar refractivity (Wildman–Crippen MR) is 112 cm³/mol. The Bertz CT molecular complexity index is 967. The van der Waals surface area contributed by atoms with Gasteiger partial charge >= 0.3 is 0 Å². The van der Waals surface area contributed by atoms with Crippen LogP contribution in [-0.2, 0) is 0 Å². The molecular weight excluding hydrogens is 413 g/mol. The van der Waals surface area contributed by atoms with Gasteiger partial charge in [0.25, 0.3) is 5.91 Å². The molecule has 0 fully saturated rings. The van der Waals surface area contributed by atoms with Crippen LogP contribution in [0.15, 0.2) is 47.0 Å². The van der Waals surface area contributed by atoms with Crippen LogP contribution in [0.4, 0.5) is 0 Å². The highest BCUT2D eigenvalue weighted by atomic mass is 35.5. The minimum absolute atomic E-state index is 0.0108. The number of hydrogen-bond donors (Lipinski definition) is 1. The highest BCUT2D eigenvalue weighted by Crippen LogP contribution is 2.34. The predicted octanol–water partition coefficient (Wildman–Crippen LogP) is 5.57. The molecule has 1 amide bonds. The maximum absolute atomic E-state index is 12.8. The summed E-state index contributed by atoms with van der Waals surface area (Å²) >= 11 is 12.4. The van der Waals surface area contributed by atoms with Crippen LogP contribution in [0.5, 0.6) is 5.75 Å². The van der Waals surface area contributed by atoms with Crippen LogP contribution >= 0.6 is 23.2 Å². The van der Waals surface area contributed by atoms with Gasteiger partial charge in [0.1, 0.15) is 6.04 Å². The molecule has 0 aliphatic carbocycles. The molecular formula is C21H21Cl2N3O3. The van der Waals surface area contributed by atoms with E-state index in [2.05, 4.69) is 15.5 Å². The first kappa shape index (κ1) is 21.1. The van der Waals surface area contributed by atoms with E-state index < -0.39 is 6.04 Å². The summed E-state index contributed by atoms with van der Waals surface area (Å²) in [6.07, 6.45) is 0. The number of rotatable bonds is 7. The quantitative estimate of drug-likeness (QED) is 0.526. The molecule has 0 aliphatic rings. The second-order valence-corrected chi connectivity index (χ2v) is 7.53. The lowest BCUT2D eigenvalue weighted by molar-refractivity contribution is 0.0914. The molecule has 2 aromatic carbocycles. The van der Waals surface area contributed by atoms with E-state index in [4.69, 9.17) is 32.5 Å². The SMILES string of the molecule is CCOc1c(Cl)cc(C(=O)NC(c2nc(-c3ccccc3)no2)C(C)C)cc1Cl. The summed E-state index contributed by atoms with van der Waals surface area (Å²) in [5.74, 6) is 0.812. The van der Waals surface area contributed by atoms with Gasteiger partial charge in [-0.1, -0.05) is 72.5 Å². The molecule has 0 saturated heterocycles. The van der Waals surface area contributed by atoms with Crippen molar-refractivity contribution < 1.29 is 14.1 Å². The van der Waals surface area contributed by atoms with Crippen molar-refractivity contribution in [2.24, 2.45) is 5.92 Å². The van der Waals surface area contributed by atoms with Crippen molar-refractivity contribution >= 4 is 29.1 Å². The number of aromatic nitrogens is 2. The fourth-order valence-corrected chi connectivity index (χ4v) is 3.37. The number of benzene rings is 2. The van der Waals surface area contributed by atoms with Gasteiger partial charge in [-0.2, -0.15) is 4.98 Å². The van der Waals surface area contributed by atoms with E-state index in [0.717, 1.165) is 5.56 Å². The Morgan fingerprint density at radius 1 is 1.17 bits per heavy atom. The van der Waals surface area contributed by atoms with E-state index in [0.29, 0.717) is 29.6 Å². The van der Waals surface area contributed by atoms with Crippen LogP contribution in [0.3, 0.4) is 0 Å². The number of amides is 1. The molecule has 6 nitrogen and oxygen atoms in total. The van der Waals surface area contributed by atoms with Crippen molar-refractivity contribution in [3.05, 3.63) is 64.0 Å². The molecule has 1 atom stereocenters. The van der Waals surface area contributed by atoms with E-state index in [1.54, 1.807) is 0 Å². The van der Waals surface area contributed by atoms with Gasteiger partial charge in [-0.25, -0.2) is 0 Å². The zero-order valence-electron chi connectivity index (χ0n) is 16.3. The molecule has 0 spiro atoms. The Hall–Kier alpha value is -2.57. The van der Waals surface area contributed by atoms with E-state index in [1.807, 2.05) is 51.1 Å². The number of nitrogens with zero attached hydrogens (tertiary/aromatic N) is 2. The molecule has 0 radical (unpaired) electrons. The van der Waals surface area contributed by atoms with Crippen molar-refractivity contribution in [1.29, 1.82) is 0 Å². The number of halogens is 2. The largest absolute Gasteiger partial charge is 0.491 e. The lowest BCUT2D eigenvalue weighted by Gasteiger charge is -2.19. The summed E-state index contributed by atoms with van der Waals surface area (Å²) < 4.78 is 10.8.